The van der Waals surface area contributed by atoms with E-state index in [1.165, 1.54) is 12.1 Å². The first-order valence-electron chi connectivity index (χ1n) is 13.5. The third-order valence-electron chi connectivity index (χ3n) is 7.86. The van der Waals surface area contributed by atoms with Crippen molar-refractivity contribution in [1.29, 1.82) is 0 Å². The van der Waals surface area contributed by atoms with Gasteiger partial charge in [0.05, 0.1) is 43.1 Å². The van der Waals surface area contributed by atoms with Gasteiger partial charge in [-0.25, -0.2) is 0 Å². The molecule has 216 valence electrons. The minimum Gasteiger partial charge on any atom is -0.493 e. The predicted molar refractivity (Wildman–Crippen MR) is 149 cm³/mol. The number of carbonyl (C=O) groups excluding carboxylic acids is 2. The Hall–Kier alpha value is -4.05. The number of rotatable bonds is 8. The molecule has 0 radical (unpaired) electrons. The number of hydrogen-bond acceptors (Lipinski definition) is 6. The third kappa shape index (κ3) is 5.74. The molecular formula is C31H32F3N3O4. The number of amides is 2. The molecule has 3 aromatic rings. The molecular weight excluding hydrogens is 535 g/mol. The van der Waals surface area contributed by atoms with Crippen molar-refractivity contribution in [2.45, 2.75) is 32.1 Å². The van der Waals surface area contributed by atoms with Gasteiger partial charge in [-0.3, -0.25) is 19.4 Å². The first-order valence-corrected chi connectivity index (χ1v) is 13.5. The van der Waals surface area contributed by atoms with Crippen LogP contribution in [0.5, 0.6) is 11.5 Å². The SMILES string of the molecule is COc1ccc(C[C@H](C)N2CCN(c3cccc4c3C(=O)N(Cc3ccc(C(F)(F)F)cc3)C4=O)CC2)cc1OC. The fourth-order valence-corrected chi connectivity index (χ4v) is 5.59. The van der Waals surface area contributed by atoms with E-state index in [0.29, 0.717) is 47.0 Å². The van der Waals surface area contributed by atoms with Gasteiger partial charge in [-0.05, 0) is 60.9 Å². The summed E-state index contributed by atoms with van der Waals surface area (Å²) in [5, 5.41) is 0. The molecule has 2 amide bonds. The maximum atomic E-state index is 13.4. The van der Waals surface area contributed by atoms with Gasteiger partial charge in [-0.1, -0.05) is 24.3 Å². The molecule has 0 spiro atoms. The van der Waals surface area contributed by atoms with Crippen LogP contribution in [0.25, 0.3) is 0 Å². The zero-order valence-corrected chi connectivity index (χ0v) is 23.2. The molecule has 41 heavy (non-hydrogen) atoms. The van der Waals surface area contributed by atoms with Crippen molar-refractivity contribution >= 4 is 17.5 Å². The summed E-state index contributed by atoms with van der Waals surface area (Å²) < 4.78 is 49.6. The second-order valence-electron chi connectivity index (χ2n) is 10.4. The molecule has 7 nitrogen and oxygen atoms in total. The molecule has 2 aliphatic heterocycles. The average Bonchev–Trinajstić information content (AvgIpc) is 3.21. The van der Waals surface area contributed by atoms with E-state index in [-0.39, 0.29) is 12.6 Å². The molecule has 1 saturated heterocycles. The molecule has 0 bridgehead atoms. The lowest BCUT2D eigenvalue weighted by Gasteiger charge is -2.39. The van der Waals surface area contributed by atoms with Crippen LogP contribution >= 0.6 is 0 Å². The van der Waals surface area contributed by atoms with E-state index >= 15 is 0 Å². The summed E-state index contributed by atoms with van der Waals surface area (Å²) in [6.45, 7) is 5.05. The molecule has 2 aliphatic rings. The summed E-state index contributed by atoms with van der Waals surface area (Å²) in [5.74, 6) is 0.532. The number of piperazine rings is 1. The second-order valence-corrected chi connectivity index (χ2v) is 10.4. The van der Waals surface area contributed by atoms with E-state index in [4.69, 9.17) is 9.47 Å². The Bertz CT molecular complexity index is 1430. The smallest absolute Gasteiger partial charge is 0.416 e. The number of carbonyl (C=O) groups is 2. The first-order chi connectivity index (χ1) is 19.6. The highest BCUT2D eigenvalue weighted by atomic mass is 19.4. The van der Waals surface area contributed by atoms with Crippen LogP contribution < -0.4 is 14.4 Å². The van der Waals surface area contributed by atoms with Crippen LogP contribution in [-0.4, -0.2) is 68.1 Å². The lowest BCUT2D eigenvalue weighted by molar-refractivity contribution is -0.137. The quantitative estimate of drug-likeness (QED) is 0.346. The molecule has 0 aromatic heterocycles. The molecule has 0 saturated carbocycles. The number of ether oxygens (including phenoxy) is 2. The minimum atomic E-state index is -4.45. The summed E-state index contributed by atoms with van der Waals surface area (Å²) in [4.78, 5) is 32.2. The van der Waals surface area contributed by atoms with E-state index in [1.54, 1.807) is 26.4 Å². The average molecular weight is 568 g/mol. The van der Waals surface area contributed by atoms with Crippen molar-refractivity contribution in [3.05, 3.63) is 88.5 Å². The van der Waals surface area contributed by atoms with Crippen LogP contribution in [0.1, 0.15) is 44.3 Å². The van der Waals surface area contributed by atoms with Crippen LogP contribution in [0.4, 0.5) is 18.9 Å². The Labute approximate surface area is 237 Å². The Morgan fingerprint density at radius 2 is 1.49 bits per heavy atom. The van der Waals surface area contributed by atoms with Gasteiger partial charge in [-0.15, -0.1) is 0 Å². The summed E-state index contributed by atoms with van der Waals surface area (Å²) in [6.07, 6.45) is -3.61. The number of fused-ring (bicyclic) bond motifs is 1. The summed E-state index contributed by atoms with van der Waals surface area (Å²) in [6, 6.07) is 16.0. The van der Waals surface area contributed by atoms with Gasteiger partial charge in [0.1, 0.15) is 0 Å². The Kier molecular flexibility index (Phi) is 7.95. The molecule has 0 unspecified atom stereocenters. The predicted octanol–water partition coefficient (Wildman–Crippen LogP) is 5.27. The van der Waals surface area contributed by atoms with Crippen molar-refractivity contribution in [1.82, 2.24) is 9.80 Å². The molecule has 1 fully saturated rings. The summed E-state index contributed by atoms with van der Waals surface area (Å²) in [7, 11) is 3.24. The number of anilines is 1. The van der Waals surface area contributed by atoms with Crippen molar-refractivity contribution in [3.63, 3.8) is 0 Å². The summed E-state index contributed by atoms with van der Waals surface area (Å²) in [5.41, 5.74) is 2.22. The monoisotopic (exact) mass is 567 g/mol. The minimum absolute atomic E-state index is 0.0919. The zero-order valence-electron chi connectivity index (χ0n) is 23.2. The topological polar surface area (TPSA) is 62.3 Å². The van der Waals surface area contributed by atoms with Crippen molar-refractivity contribution in [2.24, 2.45) is 0 Å². The number of hydrogen-bond donors (Lipinski definition) is 0. The van der Waals surface area contributed by atoms with Crippen LogP contribution in [-0.2, 0) is 19.1 Å². The fourth-order valence-electron chi connectivity index (χ4n) is 5.59. The van der Waals surface area contributed by atoms with E-state index in [1.807, 2.05) is 24.3 Å². The number of benzene rings is 3. The number of alkyl halides is 3. The third-order valence-corrected chi connectivity index (χ3v) is 7.86. The molecule has 0 aliphatic carbocycles. The van der Waals surface area contributed by atoms with Gasteiger partial charge in [0.25, 0.3) is 11.8 Å². The van der Waals surface area contributed by atoms with Gasteiger partial charge in [0.2, 0.25) is 0 Å². The van der Waals surface area contributed by atoms with E-state index in [9.17, 15) is 22.8 Å². The highest BCUT2D eigenvalue weighted by Gasteiger charge is 2.39. The lowest BCUT2D eigenvalue weighted by atomic mass is 10.0. The summed E-state index contributed by atoms with van der Waals surface area (Å²) >= 11 is 0. The molecule has 3 aromatic carbocycles. The number of nitrogens with zero attached hydrogens (tertiary/aromatic N) is 3. The molecule has 10 heteroatoms. The Morgan fingerprint density at radius 1 is 0.829 bits per heavy atom. The first kappa shape index (κ1) is 28.5. The van der Waals surface area contributed by atoms with Gasteiger partial charge < -0.3 is 14.4 Å². The lowest BCUT2D eigenvalue weighted by Crippen LogP contribution is -2.50. The Morgan fingerprint density at radius 3 is 2.12 bits per heavy atom. The van der Waals surface area contributed by atoms with Gasteiger partial charge in [-0.2, -0.15) is 13.2 Å². The fraction of sp³-hybridized carbons (Fsp3) is 0.355. The largest absolute Gasteiger partial charge is 0.493 e. The normalized spacial score (nSPS) is 16.6. The molecule has 5 rings (SSSR count). The number of methoxy groups -OCH3 is 2. The highest BCUT2D eigenvalue weighted by Crippen LogP contribution is 2.34. The molecule has 1 atom stereocenters. The van der Waals surface area contributed by atoms with E-state index in [0.717, 1.165) is 42.1 Å². The van der Waals surface area contributed by atoms with Crippen molar-refractivity contribution in [3.8, 4) is 11.5 Å². The van der Waals surface area contributed by atoms with Gasteiger partial charge in [0, 0.05) is 32.2 Å². The van der Waals surface area contributed by atoms with Gasteiger partial charge >= 0.3 is 6.18 Å². The van der Waals surface area contributed by atoms with Crippen LogP contribution in [0, 0.1) is 0 Å². The molecule has 2 heterocycles. The van der Waals surface area contributed by atoms with Crippen LogP contribution in [0.2, 0.25) is 0 Å². The second kappa shape index (κ2) is 11.4. The van der Waals surface area contributed by atoms with E-state index < -0.39 is 23.6 Å². The van der Waals surface area contributed by atoms with E-state index in [2.05, 4.69) is 16.7 Å². The maximum Gasteiger partial charge on any atom is 0.416 e. The zero-order chi connectivity index (χ0) is 29.3. The number of halogens is 3. The highest BCUT2D eigenvalue weighted by molar-refractivity contribution is 6.23. The maximum absolute atomic E-state index is 13.4. The molecule has 0 N–H and O–H groups in total. The Balaban J connectivity index is 1.25. The number of imide groups is 1. The standard InChI is InChI=1S/C31H32F3N3O4/c1-20(17-22-9-12-26(40-2)27(18-22)41-3)35-13-15-36(16-14-35)25-6-4-5-24-28(25)30(39)37(29(24)38)19-21-7-10-23(11-8-21)31(32,33)34/h4-12,18,20H,13-17,19H2,1-3H3/t20-/m0/s1. The van der Waals surface area contributed by atoms with Crippen LogP contribution in [0.3, 0.4) is 0 Å². The van der Waals surface area contributed by atoms with Crippen molar-refractivity contribution < 1.29 is 32.2 Å². The van der Waals surface area contributed by atoms with Gasteiger partial charge in [0.15, 0.2) is 11.5 Å². The van der Waals surface area contributed by atoms with Crippen LogP contribution in [0.15, 0.2) is 60.7 Å². The van der Waals surface area contributed by atoms with Crippen molar-refractivity contribution in [2.75, 3.05) is 45.3 Å².